The molecule has 11 rings (SSSR count). The molecule has 13 nitrogen and oxygen atoms in total. The van der Waals surface area contributed by atoms with E-state index in [1.54, 1.807) is 72.8 Å². The van der Waals surface area contributed by atoms with E-state index in [2.05, 4.69) is 0 Å². The zero-order valence-electron chi connectivity index (χ0n) is 36.2. The fraction of sp³-hybridized carbons (Fsp3) is 0.107. The maximum Gasteiger partial charge on any atom is 0.157 e. The van der Waals surface area contributed by atoms with Crippen LogP contribution in [0.15, 0.2) is 146 Å². The molecule has 0 amide bonds. The van der Waals surface area contributed by atoms with Gasteiger partial charge in [-0.3, -0.25) is 0 Å². The van der Waals surface area contributed by atoms with Crippen molar-refractivity contribution >= 4 is 12.2 Å². The van der Waals surface area contributed by atoms with Crippen molar-refractivity contribution in [2.45, 2.75) is 36.1 Å². The molecule has 3 aliphatic heterocycles. The third-order valence-electron chi connectivity index (χ3n) is 13.2. The highest BCUT2D eigenvalue weighted by atomic mass is 16.5. The van der Waals surface area contributed by atoms with E-state index >= 15 is 0 Å². The Bertz CT molecular complexity index is 3330. The van der Waals surface area contributed by atoms with Gasteiger partial charge in [0.15, 0.2) is 11.5 Å². The number of fused-ring (bicyclic) bond motifs is 3. The Labute approximate surface area is 393 Å². The van der Waals surface area contributed by atoms with Crippen LogP contribution in [0, 0.1) is 0 Å². The van der Waals surface area contributed by atoms with Crippen LogP contribution in [-0.4, -0.2) is 51.1 Å². The lowest BCUT2D eigenvalue weighted by molar-refractivity contribution is 0.219. The normalized spacial score (nSPS) is 19.9. The van der Waals surface area contributed by atoms with Crippen LogP contribution in [0.25, 0.3) is 12.2 Å². The number of aromatic hydroxyl groups is 10. The molecule has 0 spiro atoms. The van der Waals surface area contributed by atoms with E-state index in [1.165, 1.54) is 84.9 Å². The monoisotopic (exact) mass is 922 g/mol. The predicted octanol–water partition coefficient (Wildman–Crippen LogP) is 10.7. The molecule has 3 heterocycles. The van der Waals surface area contributed by atoms with E-state index < -0.39 is 36.1 Å². The minimum atomic E-state index is -0.881. The summed E-state index contributed by atoms with van der Waals surface area (Å²) in [4.78, 5) is 0. The van der Waals surface area contributed by atoms with Crippen molar-refractivity contribution in [1.29, 1.82) is 0 Å². The van der Waals surface area contributed by atoms with Gasteiger partial charge in [-0.05, 0) is 123 Å². The Hall–Kier alpha value is -9.10. The summed E-state index contributed by atoms with van der Waals surface area (Å²) < 4.78 is 20.5. The van der Waals surface area contributed by atoms with Crippen LogP contribution in [0.5, 0.6) is 74.7 Å². The predicted molar refractivity (Wildman–Crippen MR) is 253 cm³/mol. The van der Waals surface area contributed by atoms with Crippen molar-refractivity contribution in [3.63, 3.8) is 0 Å². The number of hydrogen-bond acceptors (Lipinski definition) is 13. The maximum atomic E-state index is 11.8. The molecule has 10 N–H and O–H groups in total. The molecule has 13 heteroatoms. The summed E-state index contributed by atoms with van der Waals surface area (Å²) >= 11 is 0. The first-order chi connectivity index (χ1) is 33.3. The van der Waals surface area contributed by atoms with Crippen LogP contribution >= 0.6 is 0 Å². The summed E-state index contributed by atoms with van der Waals surface area (Å²) in [6.45, 7) is 0. The zero-order chi connectivity index (χ0) is 47.8. The van der Waals surface area contributed by atoms with Crippen LogP contribution in [0.2, 0.25) is 0 Å². The molecule has 0 saturated carbocycles. The van der Waals surface area contributed by atoms with Gasteiger partial charge in [0.1, 0.15) is 81.6 Å². The molecule has 69 heavy (non-hydrogen) atoms. The van der Waals surface area contributed by atoms with Gasteiger partial charge >= 0.3 is 0 Å². The fourth-order valence-electron chi connectivity index (χ4n) is 10.3. The van der Waals surface area contributed by atoms with Crippen molar-refractivity contribution in [1.82, 2.24) is 0 Å². The second-order valence-electron chi connectivity index (χ2n) is 17.5. The zero-order valence-corrected chi connectivity index (χ0v) is 36.2. The van der Waals surface area contributed by atoms with Crippen molar-refractivity contribution in [3.05, 3.63) is 207 Å². The van der Waals surface area contributed by atoms with E-state index in [0.717, 1.165) is 0 Å². The summed E-state index contributed by atoms with van der Waals surface area (Å²) in [5.74, 6) is -2.80. The summed E-state index contributed by atoms with van der Waals surface area (Å²) in [6, 6.07) is 37.5. The second kappa shape index (κ2) is 16.3. The fourth-order valence-corrected chi connectivity index (χ4v) is 10.3. The van der Waals surface area contributed by atoms with Gasteiger partial charge in [-0.25, -0.2) is 0 Å². The highest BCUT2D eigenvalue weighted by molar-refractivity contribution is 5.77. The van der Waals surface area contributed by atoms with Gasteiger partial charge < -0.3 is 65.3 Å². The number of phenols is 10. The number of hydrogen-bond donors (Lipinski definition) is 10. The molecule has 344 valence electrons. The number of phenolic OH excluding ortho intramolecular Hbond substituents is 10. The summed E-state index contributed by atoms with van der Waals surface area (Å²) in [6.07, 6.45) is 0.926. The molecule has 0 bridgehead atoms. The first-order valence-corrected chi connectivity index (χ1v) is 22.0. The summed E-state index contributed by atoms with van der Waals surface area (Å²) in [5.41, 5.74) is 6.28. The highest BCUT2D eigenvalue weighted by Gasteiger charge is 2.49. The van der Waals surface area contributed by atoms with Crippen molar-refractivity contribution in [2.24, 2.45) is 0 Å². The smallest absolute Gasteiger partial charge is 0.157 e. The molecule has 0 fully saturated rings. The minimum Gasteiger partial charge on any atom is -0.508 e. The van der Waals surface area contributed by atoms with Gasteiger partial charge in [-0.2, -0.15) is 0 Å². The van der Waals surface area contributed by atoms with Crippen LogP contribution in [-0.2, 0) is 0 Å². The second-order valence-corrected chi connectivity index (χ2v) is 17.5. The third kappa shape index (κ3) is 7.55. The van der Waals surface area contributed by atoms with E-state index in [1.807, 2.05) is 0 Å². The lowest BCUT2D eigenvalue weighted by Crippen LogP contribution is -2.18. The SMILES string of the molecule is Oc1ccc([C@H]2Oc3cc(O)cc([C@@H]4c5c(C=Cc6ccc(O)c(O)c6)cc(O)cc5O[C@H]4c4ccc(O)cc4)c3[C@@H]2c2cc(O)cc3c2[C@@H](c2cc(O)cc(O)c2)[C@H](c2ccc(O)cc2)O3)cc1. The lowest BCUT2D eigenvalue weighted by atomic mass is 9.73. The van der Waals surface area contributed by atoms with Gasteiger partial charge in [0, 0.05) is 41.0 Å². The molecule has 3 aliphatic rings. The molecule has 8 aromatic carbocycles. The molecule has 0 aliphatic carbocycles. The maximum absolute atomic E-state index is 11.8. The largest absolute Gasteiger partial charge is 0.508 e. The molecule has 0 radical (unpaired) electrons. The van der Waals surface area contributed by atoms with Crippen LogP contribution in [0.4, 0.5) is 0 Å². The average molecular weight is 923 g/mol. The Morgan fingerprint density at radius 3 is 1.19 bits per heavy atom. The van der Waals surface area contributed by atoms with Gasteiger partial charge in [-0.1, -0.05) is 54.6 Å². The first-order valence-electron chi connectivity index (χ1n) is 22.0. The number of rotatable bonds is 8. The Kier molecular flexibility index (Phi) is 10.1. The van der Waals surface area contributed by atoms with E-state index in [0.29, 0.717) is 78.4 Å². The van der Waals surface area contributed by atoms with Gasteiger partial charge in [0.05, 0.1) is 17.8 Å². The first kappa shape index (κ1) is 42.5. The third-order valence-corrected chi connectivity index (χ3v) is 13.2. The lowest BCUT2D eigenvalue weighted by Gasteiger charge is -2.28. The van der Waals surface area contributed by atoms with Crippen LogP contribution in [0.3, 0.4) is 0 Å². The molecular weight excluding hydrogens is 881 g/mol. The minimum absolute atomic E-state index is 0.0130. The Morgan fingerprint density at radius 2 is 0.710 bits per heavy atom. The van der Waals surface area contributed by atoms with Gasteiger partial charge in [-0.15, -0.1) is 0 Å². The molecule has 8 aromatic rings. The van der Waals surface area contributed by atoms with Gasteiger partial charge in [0.25, 0.3) is 0 Å². The Balaban J connectivity index is 1.18. The number of benzene rings is 8. The standard InChI is InChI=1S/C56H42O13/c57-33-10-4-28(5-11-33)54-49(32-19-36(60)21-37(61)20-32)50-41(22-39(63)25-46(50)68-54)53-51-42(23-40(64)26-47(51)69-56(53)30-8-14-35(59)15-9-30)52-48-31(3-1-27-2-16-43(65)44(66)17-27)18-38(62)24-45(48)67-55(52)29-6-12-34(58)13-7-29/h1-26,49,52-66H/t49-,52-,53+,54+,55+,56-/m1/s1. The molecule has 0 saturated heterocycles. The summed E-state index contributed by atoms with van der Waals surface area (Å²) in [5, 5.41) is 108. The molecular formula is C56H42O13. The number of ether oxygens (including phenoxy) is 3. The Morgan fingerprint density at radius 1 is 0.304 bits per heavy atom. The molecule has 0 aromatic heterocycles. The van der Waals surface area contributed by atoms with Gasteiger partial charge in [0.2, 0.25) is 0 Å². The van der Waals surface area contributed by atoms with Crippen molar-refractivity contribution in [3.8, 4) is 74.7 Å². The van der Waals surface area contributed by atoms with Crippen LogP contribution in [0.1, 0.15) is 97.3 Å². The van der Waals surface area contributed by atoms with E-state index in [9.17, 15) is 51.1 Å². The quantitative estimate of drug-likeness (QED) is 0.0506. The molecule has 6 atom stereocenters. The average Bonchev–Trinajstić information content (AvgIpc) is 4.01. The topological polar surface area (TPSA) is 230 Å². The van der Waals surface area contributed by atoms with E-state index in [4.69, 9.17) is 14.2 Å². The highest BCUT2D eigenvalue weighted by Crippen LogP contribution is 2.63. The van der Waals surface area contributed by atoms with Crippen molar-refractivity contribution in [2.75, 3.05) is 0 Å². The van der Waals surface area contributed by atoms with E-state index in [-0.39, 0.29) is 57.5 Å². The van der Waals surface area contributed by atoms with Crippen molar-refractivity contribution < 1.29 is 65.3 Å². The molecule has 0 unspecified atom stereocenters. The van der Waals surface area contributed by atoms with Crippen LogP contribution < -0.4 is 14.2 Å². The summed E-state index contributed by atoms with van der Waals surface area (Å²) in [7, 11) is 0.